The van der Waals surface area contributed by atoms with E-state index in [9.17, 15) is 4.79 Å². The van der Waals surface area contributed by atoms with Crippen molar-refractivity contribution in [2.24, 2.45) is 5.92 Å². The Hall–Kier alpha value is -2.55. The first-order chi connectivity index (χ1) is 17.2. The van der Waals surface area contributed by atoms with Crippen LogP contribution in [0.15, 0.2) is 54.7 Å². The molecule has 0 bridgehead atoms. The highest BCUT2D eigenvalue weighted by Gasteiger charge is 2.24. The molecule has 2 aliphatic rings. The number of amides is 1. The zero-order valence-electron chi connectivity index (χ0n) is 21.5. The van der Waals surface area contributed by atoms with E-state index in [-0.39, 0.29) is 11.8 Å². The Kier molecular flexibility index (Phi) is 7.91. The third-order valence-electron chi connectivity index (χ3n) is 8.41. The van der Waals surface area contributed by atoms with Gasteiger partial charge in [-0.15, -0.1) is 0 Å². The molecule has 2 fully saturated rings. The summed E-state index contributed by atoms with van der Waals surface area (Å²) in [5.41, 5.74) is 5.28. The molecule has 3 nitrogen and oxygen atoms in total. The van der Waals surface area contributed by atoms with Crippen molar-refractivity contribution in [2.45, 2.75) is 102 Å². The summed E-state index contributed by atoms with van der Waals surface area (Å²) >= 11 is 0. The fraction of sp³-hybridized carbons (Fsp3) is 0.531. The van der Waals surface area contributed by atoms with Gasteiger partial charge < -0.3 is 9.88 Å². The van der Waals surface area contributed by atoms with E-state index >= 15 is 0 Å². The van der Waals surface area contributed by atoms with Crippen LogP contribution in [0, 0.1) is 12.8 Å². The van der Waals surface area contributed by atoms with E-state index in [1.807, 2.05) is 0 Å². The Morgan fingerprint density at radius 1 is 0.943 bits per heavy atom. The van der Waals surface area contributed by atoms with Crippen LogP contribution < -0.4 is 5.32 Å². The number of rotatable bonds is 8. The van der Waals surface area contributed by atoms with E-state index in [2.05, 4.69) is 71.5 Å². The lowest BCUT2D eigenvalue weighted by molar-refractivity contribution is -0.122. The van der Waals surface area contributed by atoms with Crippen LogP contribution in [0.1, 0.15) is 93.2 Å². The Bertz CT molecular complexity index is 1120. The average molecular weight is 471 g/mol. The van der Waals surface area contributed by atoms with Gasteiger partial charge in [0.2, 0.25) is 5.91 Å². The molecule has 0 saturated heterocycles. The highest BCUT2D eigenvalue weighted by Crippen LogP contribution is 2.35. The van der Waals surface area contributed by atoms with Crippen LogP contribution in [0.2, 0.25) is 0 Å². The van der Waals surface area contributed by atoms with Crippen LogP contribution >= 0.6 is 0 Å². The van der Waals surface area contributed by atoms with Crippen molar-refractivity contribution in [3.05, 3.63) is 71.4 Å². The van der Waals surface area contributed by atoms with Crippen molar-refractivity contribution < 1.29 is 4.79 Å². The lowest BCUT2D eigenvalue weighted by Crippen LogP contribution is -2.37. The normalized spacial score (nSPS) is 18.5. The van der Waals surface area contributed by atoms with Gasteiger partial charge in [-0.2, -0.15) is 0 Å². The van der Waals surface area contributed by atoms with Crippen LogP contribution in [0.25, 0.3) is 10.9 Å². The van der Waals surface area contributed by atoms with Gasteiger partial charge in [-0.1, -0.05) is 86.6 Å². The van der Waals surface area contributed by atoms with E-state index in [4.69, 9.17) is 0 Å². The van der Waals surface area contributed by atoms with Gasteiger partial charge in [-0.05, 0) is 68.1 Å². The molecule has 35 heavy (non-hydrogen) atoms. The summed E-state index contributed by atoms with van der Waals surface area (Å²) in [4.78, 5) is 13.3. The van der Waals surface area contributed by atoms with Crippen molar-refractivity contribution >= 4 is 16.8 Å². The minimum absolute atomic E-state index is 0.179. The predicted molar refractivity (Wildman–Crippen MR) is 146 cm³/mol. The number of carbonyl (C=O) groups is 1. The second kappa shape index (κ2) is 11.5. The standard InChI is InChI=1S/C32H42N2O/c1-24-11-10-14-26(19-24)20-27(21-32(35)33-28-15-6-3-7-16-28)30-23-34(22-25-12-4-2-5-13-25)31-18-9-8-17-29(30)31/h8-11,14,17-19,23,25,27-28H,2-7,12-13,15-16,20-22H2,1H3,(H,33,35). The lowest BCUT2D eigenvalue weighted by atomic mass is 9.88. The van der Waals surface area contributed by atoms with Gasteiger partial charge in [-0.25, -0.2) is 0 Å². The third-order valence-corrected chi connectivity index (χ3v) is 8.41. The summed E-state index contributed by atoms with van der Waals surface area (Å²) in [5, 5.41) is 4.72. The molecule has 2 saturated carbocycles. The van der Waals surface area contributed by atoms with E-state index < -0.39 is 0 Å². The minimum atomic E-state index is 0.179. The number of aromatic nitrogens is 1. The van der Waals surface area contributed by atoms with Crippen LogP contribution in [-0.2, 0) is 17.8 Å². The molecule has 3 aromatic rings. The number of aryl methyl sites for hydroxylation is 1. The van der Waals surface area contributed by atoms with Gasteiger partial charge in [0, 0.05) is 36.1 Å². The first-order valence-corrected chi connectivity index (χ1v) is 14.1. The molecule has 1 atom stereocenters. The maximum Gasteiger partial charge on any atom is 0.220 e. The molecule has 0 radical (unpaired) electrons. The SMILES string of the molecule is Cc1cccc(CC(CC(=O)NC2CCCCC2)c2cn(CC3CCCCC3)c3ccccc23)c1. The molecule has 0 aliphatic heterocycles. The molecule has 1 unspecified atom stereocenters. The summed E-state index contributed by atoms with van der Waals surface area (Å²) in [7, 11) is 0. The Labute approximate surface area is 211 Å². The summed E-state index contributed by atoms with van der Waals surface area (Å²) < 4.78 is 2.50. The maximum absolute atomic E-state index is 13.3. The highest BCUT2D eigenvalue weighted by atomic mass is 16.1. The fourth-order valence-electron chi connectivity index (χ4n) is 6.57. The molecule has 1 N–H and O–H groups in total. The van der Waals surface area contributed by atoms with Crippen molar-refractivity contribution in [1.82, 2.24) is 9.88 Å². The lowest BCUT2D eigenvalue weighted by Gasteiger charge is -2.24. The van der Waals surface area contributed by atoms with Gasteiger partial charge in [-0.3, -0.25) is 4.79 Å². The second-order valence-corrected chi connectivity index (χ2v) is 11.3. The van der Waals surface area contributed by atoms with Crippen LogP contribution in [-0.4, -0.2) is 16.5 Å². The molecule has 3 heteroatoms. The molecule has 5 rings (SSSR count). The topological polar surface area (TPSA) is 34.0 Å². The number of carbonyl (C=O) groups excluding carboxylic acids is 1. The number of benzene rings is 2. The van der Waals surface area contributed by atoms with Gasteiger partial charge in [0.05, 0.1) is 0 Å². The van der Waals surface area contributed by atoms with Crippen molar-refractivity contribution in [3.8, 4) is 0 Å². The van der Waals surface area contributed by atoms with Gasteiger partial charge >= 0.3 is 0 Å². The Balaban J connectivity index is 1.43. The van der Waals surface area contributed by atoms with Gasteiger partial charge in [0.25, 0.3) is 0 Å². The van der Waals surface area contributed by atoms with Gasteiger partial charge in [0.1, 0.15) is 0 Å². The summed E-state index contributed by atoms with van der Waals surface area (Å²) in [6.07, 6.45) is 16.7. The first kappa shape index (κ1) is 24.2. The first-order valence-electron chi connectivity index (χ1n) is 14.1. The van der Waals surface area contributed by atoms with E-state index in [1.54, 1.807) is 0 Å². The average Bonchev–Trinajstić information content (AvgIpc) is 3.23. The fourth-order valence-corrected chi connectivity index (χ4v) is 6.57. The molecular weight excluding hydrogens is 428 g/mol. The minimum Gasteiger partial charge on any atom is -0.353 e. The zero-order valence-corrected chi connectivity index (χ0v) is 21.5. The van der Waals surface area contributed by atoms with E-state index in [1.165, 1.54) is 79.0 Å². The molecule has 0 spiro atoms. The Morgan fingerprint density at radius 2 is 1.69 bits per heavy atom. The maximum atomic E-state index is 13.3. The van der Waals surface area contributed by atoms with Crippen molar-refractivity contribution in [3.63, 3.8) is 0 Å². The molecule has 2 aliphatic carbocycles. The summed E-state index contributed by atoms with van der Waals surface area (Å²) in [5.74, 6) is 1.17. The highest BCUT2D eigenvalue weighted by molar-refractivity contribution is 5.86. The second-order valence-electron chi connectivity index (χ2n) is 11.3. The number of hydrogen-bond acceptors (Lipinski definition) is 1. The summed E-state index contributed by atoms with van der Waals surface area (Å²) in [6.45, 7) is 3.26. The third kappa shape index (κ3) is 6.18. The quantitative estimate of drug-likeness (QED) is 0.360. The largest absolute Gasteiger partial charge is 0.353 e. The monoisotopic (exact) mass is 470 g/mol. The number of fused-ring (bicyclic) bond motifs is 1. The van der Waals surface area contributed by atoms with E-state index in [0.29, 0.717) is 12.5 Å². The van der Waals surface area contributed by atoms with Crippen LogP contribution in [0.3, 0.4) is 0 Å². The molecule has 2 aromatic carbocycles. The summed E-state index contributed by atoms with van der Waals surface area (Å²) in [6, 6.07) is 18.0. The predicted octanol–water partition coefficient (Wildman–Crippen LogP) is 7.70. The number of para-hydroxylation sites is 1. The van der Waals surface area contributed by atoms with Gasteiger partial charge in [0.15, 0.2) is 0 Å². The smallest absolute Gasteiger partial charge is 0.220 e. The van der Waals surface area contributed by atoms with Crippen LogP contribution in [0.5, 0.6) is 0 Å². The van der Waals surface area contributed by atoms with Crippen LogP contribution in [0.4, 0.5) is 0 Å². The van der Waals surface area contributed by atoms with E-state index in [0.717, 1.165) is 31.7 Å². The molecule has 1 heterocycles. The van der Waals surface area contributed by atoms with Crippen molar-refractivity contribution in [2.75, 3.05) is 0 Å². The Morgan fingerprint density at radius 3 is 2.46 bits per heavy atom. The zero-order chi connectivity index (χ0) is 24.0. The molecule has 1 amide bonds. The number of nitrogens with one attached hydrogen (secondary N) is 1. The molecule has 186 valence electrons. The molecule has 1 aromatic heterocycles. The number of nitrogens with zero attached hydrogens (tertiary/aromatic N) is 1. The van der Waals surface area contributed by atoms with Crippen molar-refractivity contribution in [1.29, 1.82) is 0 Å². The number of hydrogen-bond donors (Lipinski definition) is 1. The molecular formula is C32H42N2O.